The molecule has 0 saturated carbocycles. The molecular weight excluding hydrogens is 283 g/mol. The standard InChI is InChI=1S/C11H10F3NO3S/c12-11(13,14)6-19-5-9(16)15-8-3-1-2-7(4-8)10(17)18/h1-4H,5-6H2,(H,15,16)(H,17,18). The summed E-state index contributed by atoms with van der Waals surface area (Å²) in [6.07, 6.45) is -4.31. The van der Waals surface area contributed by atoms with Crippen LogP contribution in [-0.2, 0) is 4.79 Å². The molecule has 0 saturated heterocycles. The van der Waals surface area contributed by atoms with Gasteiger partial charge in [-0.1, -0.05) is 6.07 Å². The summed E-state index contributed by atoms with van der Waals surface area (Å²) in [5.74, 6) is -3.22. The minimum absolute atomic E-state index is 0.0132. The summed E-state index contributed by atoms with van der Waals surface area (Å²) in [6, 6.07) is 5.46. The second-order valence-electron chi connectivity index (χ2n) is 3.54. The number of hydrogen-bond donors (Lipinski definition) is 2. The lowest BCUT2D eigenvalue weighted by molar-refractivity contribution is -0.113. The molecule has 1 amide bonds. The van der Waals surface area contributed by atoms with Gasteiger partial charge in [-0.3, -0.25) is 4.79 Å². The van der Waals surface area contributed by atoms with E-state index in [1.165, 1.54) is 24.3 Å². The number of aromatic carboxylic acids is 1. The van der Waals surface area contributed by atoms with E-state index in [0.717, 1.165) is 0 Å². The highest BCUT2D eigenvalue weighted by Crippen LogP contribution is 2.21. The molecule has 0 atom stereocenters. The molecule has 104 valence electrons. The van der Waals surface area contributed by atoms with Crippen molar-refractivity contribution in [1.29, 1.82) is 0 Å². The molecule has 8 heteroatoms. The smallest absolute Gasteiger partial charge is 0.397 e. The normalized spacial score (nSPS) is 11.1. The molecule has 0 aromatic heterocycles. The van der Waals surface area contributed by atoms with Gasteiger partial charge in [0.1, 0.15) is 0 Å². The van der Waals surface area contributed by atoms with Crippen LogP contribution in [0.3, 0.4) is 0 Å². The lowest BCUT2D eigenvalue weighted by Gasteiger charge is -2.07. The van der Waals surface area contributed by atoms with E-state index in [9.17, 15) is 22.8 Å². The van der Waals surface area contributed by atoms with Crippen molar-refractivity contribution in [3.63, 3.8) is 0 Å². The third kappa shape index (κ3) is 6.14. The first-order valence-corrected chi connectivity index (χ1v) is 6.21. The Bertz CT molecular complexity index is 476. The zero-order chi connectivity index (χ0) is 14.5. The molecule has 1 aromatic rings. The van der Waals surface area contributed by atoms with Gasteiger partial charge in [0.25, 0.3) is 0 Å². The molecule has 0 aliphatic heterocycles. The van der Waals surface area contributed by atoms with E-state index in [4.69, 9.17) is 5.11 Å². The molecule has 0 heterocycles. The van der Waals surface area contributed by atoms with Crippen LogP contribution in [0.25, 0.3) is 0 Å². The van der Waals surface area contributed by atoms with Gasteiger partial charge in [0.15, 0.2) is 0 Å². The van der Waals surface area contributed by atoms with Crippen LogP contribution in [0.5, 0.6) is 0 Å². The van der Waals surface area contributed by atoms with Gasteiger partial charge in [-0.2, -0.15) is 13.2 Å². The van der Waals surface area contributed by atoms with Gasteiger partial charge in [-0.25, -0.2) is 4.79 Å². The Morgan fingerprint density at radius 3 is 2.58 bits per heavy atom. The maximum Gasteiger partial charge on any atom is 0.397 e. The largest absolute Gasteiger partial charge is 0.478 e. The number of carboxylic acid groups (broad SMARTS) is 1. The van der Waals surface area contributed by atoms with Crippen LogP contribution in [0.2, 0.25) is 0 Å². The summed E-state index contributed by atoms with van der Waals surface area (Å²) in [7, 11) is 0. The fraction of sp³-hybridized carbons (Fsp3) is 0.273. The number of alkyl halides is 3. The zero-order valence-corrected chi connectivity index (χ0v) is 10.3. The number of carboxylic acids is 1. The maximum absolute atomic E-state index is 11.9. The number of amides is 1. The number of rotatable bonds is 5. The molecule has 0 aliphatic rings. The molecule has 0 fully saturated rings. The monoisotopic (exact) mass is 293 g/mol. The number of hydrogen-bond acceptors (Lipinski definition) is 3. The number of halogens is 3. The van der Waals surface area contributed by atoms with Crippen LogP contribution in [0, 0.1) is 0 Å². The number of carbonyl (C=O) groups excluding carboxylic acids is 1. The van der Waals surface area contributed by atoms with Gasteiger partial charge in [-0.05, 0) is 18.2 Å². The van der Waals surface area contributed by atoms with Crippen LogP contribution in [0.1, 0.15) is 10.4 Å². The number of thioether (sulfide) groups is 1. The summed E-state index contributed by atoms with van der Waals surface area (Å²) >= 11 is 0.445. The Morgan fingerprint density at radius 2 is 2.00 bits per heavy atom. The second-order valence-corrected chi connectivity index (χ2v) is 4.53. The Balaban J connectivity index is 2.48. The number of nitrogens with one attached hydrogen (secondary N) is 1. The average molecular weight is 293 g/mol. The minimum atomic E-state index is -4.31. The number of benzene rings is 1. The van der Waals surface area contributed by atoms with Gasteiger partial charge >= 0.3 is 12.1 Å². The molecule has 4 nitrogen and oxygen atoms in total. The maximum atomic E-state index is 11.9. The quantitative estimate of drug-likeness (QED) is 0.875. The van der Waals surface area contributed by atoms with Gasteiger partial charge in [0.05, 0.1) is 17.1 Å². The van der Waals surface area contributed by atoms with Gasteiger partial charge in [0, 0.05) is 5.69 Å². The molecular formula is C11H10F3NO3S. The van der Waals surface area contributed by atoms with Crippen LogP contribution in [0.4, 0.5) is 18.9 Å². The summed E-state index contributed by atoms with van der Waals surface area (Å²) in [5.41, 5.74) is 0.221. The van der Waals surface area contributed by atoms with Crippen LogP contribution >= 0.6 is 11.8 Å². The van der Waals surface area contributed by atoms with Crippen molar-refractivity contribution in [3.8, 4) is 0 Å². The molecule has 0 radical (unpaired) electrons. The first-order chi connectivity index (χ1) is 8.78. The summed E-state index contributed by atoms with van der Waals surface area (Å²) in [6.45, 7) is 0. The van der Waals surface area contributed by atoms with E-state index in [-0.39, 0.29) is 17.0 Å². The van der Waals surface area contributed by atoms with Crippen molar-refractivity contribution in [2.75, 3.05) is 16.8 Å². The Kier molecular flexibility index (Phi) is 5.22. The van der Waals surface area contributed by atoms with Crippen molar-refractivity contribution in [3.05, 3.63) is 29.8 Å². The lowest BCUT2D eigenvalue weighted by atomic mass is 10.2. The van der Waals surface area contributed by atoms with Crippen LogP contribution < -0.4 is 5.32 Å². The summed E-state index contributed by atoms with van der Waals surface area (Å²) in [4.78, 5) is 22.0. The first kappa shape index (κ1) is 15.4. The third-order valence-electron chi connectivity index (χ3n) is 1.89. The fourth-order valence-corrected chi connectivity index (χ4v) is 1.78. The fourth-order valence-electron chi connectivity index (χ4n) is 1.19. The Labute approximate surface area is 111 Å². The summed E-state index contributed by atoms with van der Waals surface area (Å²) < 4.78 is 35.6. The van der Waals surface area contributed by atoms with E-state index in [2.05, 4.69) is 5.32 Å². The van der Waals surface area contributed by atoms with E-state index in [1.807, 2.05) is 0 Å². The van der Waals surface area contributed by atoms with E-state index in [0.29, 0.717) is 11.8 Å². The van der Waals surface area contributed by atoms with Gasteiger partial charge in [-0.15, -0.1) is 11.8 Å². The average Bonchev–Trinajstić information content (AvgIpc) is 2.27. The molecule has 19 heavy (non-hydrogen) atoms. The van der Waals surface area contributed by atoms with Gasteiger partial charge < -0.3 is 10.4 Å². The van der Waals surface area contributed by atoms with Crippen molar-refractivity contribution in [2.45, 2.75) is 6.18 Å². The van der Waals surface area contributed by atoms with Crippen LogP contribution in [-0.4, -0.2) is 34.7 Å². The SMILES string of the molecule is O=C(CSCC(F)(F)F)Nc1cccc(C(=O)O)c1. The molecule has 0 aliphatic carbocycles. The highest BCUT2D eigenvalue weighted by Gasteiger charge is 2.27. The molecule has 1 rings (SSSR count). The molecule has 2 N–H and O–H groups in total. The summed E-state index contributed by atoms with van der Waals surface area (Å²) in [5, 5.41) is 11.1. The van der Waals surface area contributed by atoms with E-state index < -0.39 is 23.8 Å². The van der Waals surface area contributed by atoms with Gasteiger partial charge in [0.2, 0.25) is 5.91 Å². The molecule has 0 unspecified atom stereocenters. The Morgan fingerprint density at radius 1 is 1.32 bits per heavy atom. The second kappa shape index (κ2) is 6.46. The Hall–Kier alpha value is -1.70. The number of anilines is 1. The van der Waals surface area contributed by atoms with Crippen LogP contribution in [0.15, 0.2) is 24.3 Å². The van der Waals surface area contributed by atoms with Crippen molar-refractivity contribution in [2.24, 2.45) is 0 Å². The van der Waals surface area contributed by atoms with Crippen molar-refractivity contribution in [1.82, 2.24) is 0 Å². The topological polar surface area (TPSA) is 66.4 Å². The predicted octanol–water partition coefficient (Wildman–Crippen LogP) is 2.62. The lowest BCUT2D eigenvalue weighted by Crippen LogP contribution is -2.18. The first-order valence-electron chi connectivity index (χ1n) is 5.05. The molecule has 0 spiro atoms. The van der Waals surface area contributed by atoms with E-state index >= 15 is 0 Å². The van der Waals surface area contributed by atoms with Crippen molar-refractivity contribution >= 4 is 29.3 Å². The minimum Gasteiger partial charge on any atom is -0.478 e. The predicted molar refractivity (Wildman–Crippen MR) is 65.4 cm³/mol. The molecule has 0 bridgehead atoms. The zero-order valence-electron chi connectivity index (χ0n) is 9.53. The van der Waals surface area contributed by atoms with Crippen molar-refractivity contribution < 1.29 is 27.9 Å². The number of carbonyl (C=O) groups is 2. The third-order valence-corrected chi connectivity index (χ3v) is 2.89. The highest BCUT2D eigenvalue weighted by atomic mass is 32.2. The van der Waals surface area contributed by atoms with E-state index in [1.54, 1.807) is 0 Å². The molecule has 1 aromatic carbocycles. The highest BCUT2D eigenvalue weighted by molar-refractivity contribution is 8.00.